The van der Waals surface area contributed by atoms with Crippen LogP contribution in [0.3, 0.4) is 0 Å². The van der Waals surface area contributed by atoms with E-state index in [0.29, 0.717) is 18.0 Å². The fourth-order valence-electron chi connectivity index (χ4n) is 0.922. The van der Waals surface area contributed by atoms with Crippen molar-refractivity contribution >= 4 is 5.69 Å². The lowest BCUT2D eigenvalue weighted by Crippen LogP contribution is -1.97. The largest absolute Gasteiger partial charge is 0.497 e. The highest BCUT2D eigenvalue weighted by molar-refractivity contribution is 5.55. The SMILES string of the molecule is CCOc1cc(OC)ccc1N. The summed E-state index contributed by atoms with van der Waals surface area (Å²) in [7, 11) is 1.61. The van der Waals surface area contributed by atoms with E-state index in [1.54, 1.807) is 25.3 Å². The number of methoxy groups -OCH3 is 1. The van der Waals surface area contributed by atoms with Crippen molar-refractivity contribution in [2.75, 3.05) is 19.5 Å². The maximum atomic E-state index is 5.65. The van der Waals surface area contributed by atoms with E-state index in [0.717, 1.165) is 5.75 Å². The topological polar surface area (TPSA) is 44.5 Å². The molecule has 0 aliphatic heterocycles. The molecular weight excluding hydrogens is 154 g/mol. The Morgan fingerprint density at radius 2 is 2.17 bits per heavy atom. The van der Waals surface area contributed by atoms with Gasteiger partial charge in [0.2, 0.25) is 0 Å². The number of nitrogens with two attached hydrogens (primary N) is 1. The summed E-state index contributed by atoms with van der Waals surface area (Å²) in [4.78, 5) is 0. The van der Waals surface area contributed by atoms with Crippen molar-refractivity contribution in [3.05, 3.63) is 18.2 Å². The molecule has 0 saturated carbocycles. The molecule has 66 valence electrons. The van der Waals surface area contributed by atoms with Gasteiger partial charge < -0.3 is 15.2 Å². The van der Waals surface area contributed by atoms with Gasteiger partial charge in [-0.15, -0.1) is 0 Å². The van der Waals surface area contributed by atoms with E-state index >= 15 is 0 Å². The van der Waals surface area contributed by atoms with Gasteiger partial charge in [-0.1, -0.05) is 0 Å². The molecule has 0 saturated heterocycles. The molecule has 2 N–H and O–H groups in total. The van der Waals surface area contributed by atoms with Crippen LogP contribution in [0.25, 0.3) is 0 Å². The van der Waals surface area contributed by atoms with Gasteiger partial charge in [0.25, 0.3) is 0 Å². The Balaban J connectivity index is 2.91. The first-order valence-corrected chi connectivity index (χ1v) is 3.84. The van der Waals surface area contributed by atoms with Crippen LogP contribution in [0.1, 0.15) is 6.92 Å². The molecule has 0 fully saturated rings. The quantitative estimate of drug-likeness (QED) is 0.696. The van der Waals surface area contributed by atoms with Crippen molar-refractivity contribution < 1.29 is 9.47 Å². The summed E-state index contributed by atoms with van der Waals surface area (Å²) < 4.78 is 10.3. The average molecular weight is 167 g/mol. The van der Waals surface area contributed by atoms with Crippen LogP contribution in [0.5, 0.6) is 11.5 Å². The molecular formula is C9H13NO2. The standard InChI is InChI=1S/C9H13NO2/c1-3-12-9-6-7(11-2)4-5-8(9)10/h4-6H,3,10H2,1-2H3. The number of nitrogen functional groups attached to an aromatic ring is 1. The number of hydrogen-bond donors (Lipinski definition) is 1. The molecule has 1 aromatic carbocycles. The molecule has 0 aliphatic rings. The molecule has 0 aliphatic carbocycles. The monoisotopic (exact) mass is 167 g/mol. The third-order valence-corrected chi connectivity index (χ3v) is 1.52. The molecule has 12 heavy (non-hydrogen) atoms. The van der Waals surface area contributed by atoms with Gasteiger partial charge in [0, 0.05) is 6.07 Å². The summed E-state index contributed by atoms with van der Waals surface area (Å²) in [5, 5.41) is 0. The Hall–Kier alpha value is -1.38. The molecule has 0 spiro atoms. The summed E-state index contributed by atoms with van der Waals surface area (Å²) >= 11 is 0. The van der Waals surface area contributed by atoms with Crippen LogP contribution in [0, 0.1) is 0 Å². The number of benzene rings is 1. The van der Waals surface area contributed by atoms with Gasteiger partial charge in [-0.25, -0.2) is 0 Å². The van der Waals surface area contributed by atoms with Gasteiger partial charge in [-0.3, -0.25) is 0 Å². The second kappa shape index (κ2) is 3.85. The molecule has 3 nitrogen and oxygen atoms in total. The Morgan fingerprint density at radius 3 is 2.75 bits per heavy atom. The Morgan fingerprint density at radius 1 is 1.42 bits per heavy atom. The zero-order valence-corrected chi connectivity index (χ0v) is 7.33. The van der Waals surface area contributed by atoms with Gasteiger partial charge in [0.15, 0.2) is 0 Å². The number of anilines is 1. The minimum absolute atomic E-state index is 0.608. The van der Waals surface area contributed by atoms with E-state index in [-0.39, 0.29) is 0 Å². The van der Waals surface area contributed by atoms with Crippen molar-refractivity contribution in [1.82, 2.24) is 0 Å². The van der Waals surface area contributed by atoms with Gasteiger partial charge in [-0.05, 0) is 19.1 Å². The second-order valence-corrected chi connectivity index (χ2v) is 2.34. The van der Waals surface area contributed by atoms with Crippen LogP contribution in [0.15, 0.2) is 18.2 Å². The van der Waals surface area contributed by atoms with E-state index in [1.165, 1.54) is 0 Å². The third-order valence-electron chi connectivity index (χ3n) is 1.52. The van der Waals surface area contributed by atoms with Crippen LogP contribution >= 0.6 is 0 Å². The molecule has 1 rings (SSSR count). The Kier molecular flexibility index (Phi) is 2.80. The average Bonchev–Trinajstić information content (AvgIpc) is 2.09. The molecule has 3 heteroatoms. The maximum Gasteiger partial charge on any atom is 0.145 e. The fraction of sp³-hybridized carbons (Fsp3) is 0.333. The predicted octanol–water partition coefficient (Wildman–Crippen LogP) is 1.68. The first kappa shape index (κ1) is 8.71. The van der Waals surface area contributed by atoms with Crippen LogP contribution < -0.4 is 15.2 Å². The fourth-order valence-corrected chi connectivity index (χ4v) is 0.922. The van der Waals surface area contributed by atoms with Gasteiger partial charge >= 0.3 is 0 Å². The molecule has 1 aromatic rings. The number of rotatable bonds is 3. The van der Waals surface area contributed by atoms with E-state index in [4.69, 9.17) is 15.2 Å². The van der Waals surface area contributed by atoms with E-state index in [1.807, 2.05) is 6.92 Å². The summed E-state index contributed by atoms with van der Waals surface area (Å²) in [6.45, 7) is 2.52. The second-order valence-electron chi connectivity index (χ2n) is 2.34. The summed E-state index contributed by atoms with van der Waals surface area (Å²) in [6, 6.07) is 5.35. The van der Waals surface area contributed by atoms with E-state index in [2.05, 4.69) is 0 Å². The van der Waals surface area contributed by atoms with Gasteiger partial charge in [0.1, 0.15) is 11.5 Å². The van der Waals surface area contributed by atoms with Crippen LogP contribution in [0.4, 0.5) is 5.69 Å². The number of hydrogen-bond acceptors (Lipinski definition) is 3. The highest BCUT2D eigenvalue weighted by atomic mass is 16.5. The predicted molar refractivity (Wildman–Crippen MR) is 48.6 cm³/mol. The first-order valence-electron chi connectivity index (χ1n) is 3.84. The Labute approximate surface area is 72.1 Å². The number of ether oxygens (including phenoxy) is 2. The normalized spacial score (nSPS) is 9.50. The Bertz CT molecular complexity index is 261. The van der Waals surface area contributed by atoms with E-state index < -0.39 is 0 Å². The van der Waals surface area contributed by atoms with Crippen molar-refractivity contribution in [3.63, 3.8) is 0 Å². The third kappa shape index (κ3) is 1.81. The van der Waals surface area contributed by atoms with Crippen LogP contribution in [-0.2, 0) is 0 Å². The van der Waals surface area contributed by atoms with Crippen molar-refractivity contribution in [2.24, 2.45) is 0 Å². The molecule has 0 amide bonds. The lowest BCUT2D eigenvalue weighted by Gasteiger charge is -2.07. The minimum Gasteiger partial charge on any atom is -0.497 e. The molecule has 0 bridgehead atoms. The van der Waals surface area contributed by atoms with Crippen molar-refractivity contribution in [2.45, 2.75) is 6.92 Å². The van der Waals surface area contributed by atoms with Crippen molar-refractivity contribution in [1.29, 1.82) is 0 Å². The van der Waals surface area contributed by atoms with Crippen LogP contribution in [-0.4, -0.2) is 13.7 Å². The highest BCUT2D eigenvalue weighted by Crippen LogP contribution is 2.26. The molecule has 0 heterocycles. The molecule has 0 unspecified atom stereocenters. The van der Waals surface area contributed by atoms with Gasteiger partial charge in [0.05, 0.1) is 19.4 Å². The lowest BCUT2D eigenvalue weighted by atomic mass is 10.3. The van der Waals surface area contributed by atoms with Crippen LogP contribution in [0.2, 0.25) is 0 Å². The smallest absolute Gasteiger partial charge is 0.145 e. The maximum absolute atomic E-state index is 5.65. The summed E-state index contributed by atoms with van der Waals surface area (Å²) in [6.07, 6.45) is 0. The highest BCUT2D eigenvalue weighted by Gasteiger charge is 2.00. The zero-order valence-electron chi connectivity index (χ0n) is 7.33. The first-order chi connectivity index (χ1) is 5.77. The zero-order chi connectivity index (χ0) is 8.97. The van der Waals surface area contributed by atoms with Crippen molar-refractivity contribution in [3.8, 4) is 11.5 Å². The van der Waals surface area contributed by atoms with Gasteiger partial charge in [-0.2, -0.15) is 0 Å². The van der Waals surface area contributed by atoms with E-state index in [9.17, 15) is 0 Å². The lowest BCUT2D eigenvalue weighted by molar-refractivity contribution is 0.338. The minimum atomic E-state index is 0.608. The molecule has 0 atom stereocenters. The summed E-state index contributed by atoms with van der Waals surface area (Å²) in [5.74, 6) is 1.43. The summed E-state index contributed by atoms with van der Waals surface area (Å²) in [5.41, 5.74) is 6.29. The molecule has 0 radical (unpaired) electrons. The molecule has 0 aromatic heterocycles.